The first-order valence-electron chi connectivity index (χ1n) is 9.57. The summed E-state index contributed by atoms with van der Waals surface area (Å²) in [6.45, 7) is 0.791. The number of hydrogen-bond donors (Lipinski definition) is 3. The molecule has 5 nitrogen and oxygen atoms in total. The minimum atomic E-state index is -4.75. The maximum Gasteiger partial charge on any atom is 0.573 e. The molecule has 0 spiro atoms. The number of ether oxygens (including phenoxy) is 1. The number of alkyl halides is 4. The van der Waals surface area contributed by atoms with Gasteiger partial charge in [-0.05, 0) is 30.7 Å². The molecule has 2 saturated heterocycles. The maximum absolute atomic E-state index is 13.3. The third-order valence-corrected chi connectivity index (χ3v) is 6.08. The van der Waals surface area contributed by atoms with Crippen molar-refractivity contribution in [1.82, 2.24) is 16.0 Å². The summed E-state index contributed by atoms with van der Waals surface area (Å²) in [5.41, 5.74) is 0.483. The van der Waals surface area contributed by atoms with Gasteiger partial charge in [-0.15, -0.1) is 13.2 Å². The fourth-order valence-corrected chi connectivity index (χ4v) is 4.87. The summed E-state index contributed by atoms with van der Waals surface area (Å²) in [5, 5.41) is 9.20. The maximum atomic E-state index is 13.3. The van der Waals surface area contributed by atoms with Gasteiger partial charge in [0.2, 0.25) is 5.91 Å². The van der Waals surface area contributed by atoms with Crippen molar-refractivity contribution >= 4 is 5.91 Å². The number of nitrogens with one attached hydrogen (secondary N) is 3. The topological polar surface area (TPSA) is 62.4 Å². The van der Waals surface area contributed by atoms with Gasteiger partial charge in [-0.25, -0.2) is 4.39 Å². The van der Waals surface area contributed by atoms with Crippen molar-refractivity contribution in [2.45, 2.75) is 49.9 Å². The number of amides is 1. The zero-order chi connectivity index (χ0) is 19.9. The second-order valence-electron chi connectivity index (χ2n) is 7.79. The number of benzene rings is 1. The van der Waals surface area contributed by atoms with Crippen LogP contribution in [-0.2, 0) is 4.79 Å². The molecule has 1 aromatic rings. The van der Waals surface area contributed by atoms with Crippen LogP contribution in [0.25, 0.3) is 0 Å². The number of fused-ring (bicyclic) bond motifs is 1. The summed E-state index contributed by atoms with van der Waals surface area (Å²) in [6.07, 6.45) is -4.03. The van der Waals surface area contributed by atoms with Gasteiger partial charge in [0.1, 0.15) is 11.9 Å². The standard InChI is InChI=1S/C19H23F4N3O2/c20-10-7-15(24-8-10)18(27)26-14-6-5-11-13(14)9-25-17(11)12-3-1-2-4-16(12)28-19(21,22)23/h1-4,10-11,13-15,17,24-25H,5-9H2,(H,26,27)/t10-,11+,13+,14+,15+,17?/m1/s1. The van der Waals surface area contributed by atoms with E-state index in [2.05, 4.69) is 20.7 Å². The summed E-state index contributed by atoms with van der Waals surface area (Å²) < 4.78 is 55.7. The molecule has 3 N–H and O–H groups in total. The van der Waals surface area contributed by atoms with E-state index in [9.17, 15) is 22.4 Å². The molecule has 1 unspecified atom stereocenters. The molecular formula is C19H23F4N3O2. The van der Waals surface area contributed by atoms with E-state index in [0.29, 0.717) is 12.1 Å². The average molecular weight is 401 g/mol. The second kappa shape index (κ2) is 7.51. The highest BCUT2D eigenvalue weighted by Crippen LogP contribution is 2.47. The van der Waals surface area contributed by atoms with Crippen LogP contribution in [0.3, 0.4) is 0 Å². The zero-order valence-corrected chi connectivity index (χ0v) is 15.1. The Morgan fingerprint density at radius 3 is 2.61 bits per heavy atom. The summed E-state index contributed by atoms with van der Waals surface area (Å²) >= 11 is 0. The van der Waals surface area contributed by atoms with Crippen LogP contribution in [0.15, 0.2) is 24.3 Å². The first-order chi connectivity index (χ1) is 13.3. The first-order valence-corrected chi connectivity index (χ1v) is 9.57. The van der Waals surface area contributed by atoms with Crippen LogP contribution >= 0.6 is 0 Å². The monoisotopic (exact) mass is 401 g/mol. The summed E-state index contributed by atoms with van der Waals surface area (Å²) in [6, 6.07) is 5.35. The van der Waals surface area contributed by atoms with Crippen molar-refractivity contribution in [3.05, 3.63) is 29.8 Å². The predicted octanol–water partition coefficient (Wildman–Crippen LogP) is 2.44. The van der Waals surface area contributed by atoms with Gasteiger partial charge in [-0.2, -0.15) is 0 Å². The van der Waals surface area contributed by atoms with Crippen LogP contribution in [0.1, 0.15) is 30.9 Å². The van der Waals surface area contributed by atoms with Gasteiger partial charge >= 0.3 is 6.36 Å². The third-order valence-electron chi connectivity index (χ3n) is 6.08. The lowest BCUT2D eigenvalue weighted by molar-refractivity contribution is -0.275. The molecule has 4 rings (SSSR count). The Balaban J connectivity index is 1.44. The van der Waals surface area contributed by atoms with E-state index in [1.807, 2.05) is 0 Å². The fourth-order valence-electron chi connectivity index (χ4n) is 4.87. The van der Waals surface area contributed by atoms with Gasteiger partial charge in [0.05, 0.1) is 6.04 Å². The van der Waals surface area contributed by atoms with Gasteiger partial charge in [0, 0.05) is 37.2 Å². The Morgan fingerprint density at radius 1 is 1.11 bits per heavy atom. The Bertz CT molecular complexity index is 729. The molecule has 1 amide bonds. The van der Waals surface area contributed by atoms with Crippen molar-refractivity contribution in [2.24, 2.45) is 11.8 Å². The molecule has 0 bridgehead atoms. The molecule has 1 saturated carbocycles. The normalized spacial score (nSPS) is 35.0. The molecule has 1 aromatic carbocycles. The predicted molar refractivity (Wildman–Crippen MR) is 93.3 cm³/mol. The Hall–Kier alpha value is -1.87. The number of carbonyl (C=O) groups is 1. The molecule has 3 fully saturated rings. The minimum absolute atomic E-state index is 0.0637. The van der Waals surface area contributed by atoms with Crippen LogP contribution in [0.4, 0.5) is 17.6 Å². The number of hydrogen-bond acceptors (Lipinski definition) is 4. The van der Waals surface area contributed by atoms with Gasteiger partial charge in [-0.3, -0.25) is 4.79 Å². The molecule has 0 aromatic heterocycles. The van der Waals surface area contributed by atoms with Gasteiger partial charge in [0.25, 0.3) is 0 Å². The molecular weight excluding hydrogens is 378 g/mol. The van der Waals surface area contributed by atoms with E-state index in [4.69, 9.17) is 0 Å². The second-order valence-corrected chi connectivity index (χ2v) is 7.79. The first kappa shape index (κ1) is 19.4. The largest absolute Gasteiger partial charge is 0.573 e. The Kier molecular flexibility index (Phi) is 5.22. The lowest BCUT2D eigenvalue weighted by Gasteiger charge is -2.23. The molecule has 1 aliphatic carbocycles. The SMILES string of the molecule is O=C(N[C@H]1CC[C@@H]2C(c3ccccc3OC(F)(F)F)NC[C@H]12)[C@@H]1C[C@@H](F)CN1. The minimum Gasteiger partial charge on any atom is -0.405 e. The van der Waals surface area contributed by atoms with Gasteiger partial charge in [-0.1, -0.05) is 18.2 Å². The number of halogens is 4. The van der Waals surface area contributed by atoms with E-state index >= 15 is 0 Å². The lowest BCUT2D eigenvalue weighted by Crippen LogP contribution is -2.47. The zero-order valence-electron chi connectivity index (χ0n) is 15.1. The third kappa shape index (κ3) is 3.96. The van der Waals surface area contributed by atoms with E-state index < -0.39 is 18.6 Å². The van der Waals surface area contributed by atoms with Crippen molar-refractivity contribution < 1.29 is 27.1 Å². The molecule has 2 heterocycles. The Labute approximate surface area is 160 Å². The number of para-hydroxylation sites is 1. The summed E-state index contributed by atoms with van der Waals surface area (Å²) in [5.74, 6) is -0.163. The summed E-state index contributed by atoms with van der Waals surface area (Å²) in [4.78, 5) is 12.4. The van der Waals surface area contributed by atoms with Crippen LogP contribution < -0.4 is 20.7 Å². The number of rotatable bonds is 4. The highest BCUT2D eigenvalue weighted by Gasteiger charge is 2.47. The van der Waals surface area contributed by atoms with Crippen molar-refractivity contribution in [2.75, 3.05) is 13.1 Å². The highest BCUT2D eigenvalue weighted by atomic mass is 19.4. The van der Waals surface area contributed by atoms with E-state index in [-0.39, 0.29) is 48.5 Å². The Morgan fingerprint density at radius 2 is 1.89 bits per heavy atom. The molecule has 0 radical (unpaired) electrons. The van der Waals surface area contributed by atoms with Crippen molar-refractivity contribution in [3.63, 3.8) is 0 Å². The molecule has 3 aliphatic rings. The van der Waals surface area contributed by atoms with Gasteiger partial charge < -0.3 is 20.7 Å². The fraction of sp³-hybridized carbons (Fsp3) is 0.632. The van der Waals surface area contributed by atoms with Crippen LogP contribution in [0.2, 0.25) is 0 Å². The van der Waals surface area contributed by atoms with E-state index in [0.717, 1.165) is 12.8 Å². The quantitative estimate of drug-likeness (QED) is 0.679. The highest BCUT2D eigenvalue weighted by molar-refractivity contribution is 5.82. The molecule has 9 heteroatoms. The lowest BCUT2D eigenvalue weighted by atomic mass is 9.88. The molecule has 154 valence electrons. The van der Waals surface area contributed by atoms with Crippen LogP contribution in [-0.4, -0.2) is 43.6 Å². The van der Waals surface area contributed by atoms with Crippen molar-refractivity contribution in [3.8, 4) is 5.75 Å². The van der Waals surface area contributed by atoms with Crippen LogP contribution in [0.5, 0.6) is 5.75 Å². The van der Waals surface area contributed by atoms with E-state index in [1.165, 1.54) is 12.1 Å². The van der Waals surface area contributed by atoms with Gasteiger partial charge in [0.15, 0.2) is 0 Å². The molecule has 28 heavy (non-hydrogen) atoms. The number of carbonyl (C=O) groups excluding carboxylic acids is 1. The smallest absolute Gasteiger partial charge is 0.405 e. The van der Waals surface area contributed by atoms with Crippen molar-refractivity contribution in [1.29, 1.82) is 0 Å². The summed E-state index contributed by atoms with van der Waals surface area (Å²) in [7, 11) is 0. The van der Waals surface area contributed by atoms with Crippen LogP contribution in [0, 0.1) is 11.8 Å². The average Bonchev–Trinajstić information content (AvgIpc) is 3.32. The molecule has 6 atom stereocenters. The van der Waals surface area contributed by atoms with E-state index in [1.54, 1.807) is 12.1 Å². The molecule has 2 aliphatic heterocycles.